The Hall–Kier alpha value is -0.870. The Balaban J connectivity index is 1.60. The van der Waals surface area contributed by atoms with Crippen molar-refractivity contribution < 1.29 is 4.74 Å². The Kier molecular flexibility index (Phi) is 5.01. The number of nitrogens with one attached hydrogen (secondary N) is 1. The maximum atomic E-state index is 5.36. The molecule has 2 rings (SSSR count). The van der Waals surface area contributed by atoms with Crippen molar-refractivity contribution >= 4 is 0 Å². The van der Waals surface area contributed by atoms with Crippen LogP contribution in [0.3, 0.4) is 0 Å². The van der Waals surface area contributed by atoms with Crippen molar-refractivity contribution in [2.45, 2.75) is 39.3 Å². The van der Waals surface area contributed by atoms with Crippen LogP contribution < -0.4 is 5.32 Å². The third kappa shape index (κ3) is 4.13. The van der Waals surface area contributed by atoms with Crippen LogP contribution in [0.5, 0.6) is 0 Å². The summed E-state index contributed by atoms with van der Waals surface area (Å²) in [6.45, 7) is 7.09. The molecule has 0 amide bonds. The van der Waals surface area contributed by atoms with Crippen LogP contribution in [0.15, 0.2) is 12.4 Å². The Morgan fingerprint density at radius 2 is 2.53 bits per heavy atom. The molecule has 0 saturated carbocycles. The molecular formula is C13H23N3O. The fraction of sp³-hybridized carbons (Fsp3) is 0.769. The number of aryl methyl sites for hydroxylation is 1. The van der Waals surface area contributed by atoms with Gasteiger partial charge in [0.2, 0.25) is 0 Å². The van der Waals surface area contributed by atoms with Crippen molar-refractivity contribution in [2.24, 2.45) is 5.92 Å². The van der Waals surface area contributed by atoms with Gasteiger partial charge in [0.05, 0.1) is 6.20 Å². The van der Waals surface area contributed by atoms with Crippen molar-refractivity contribution in [1.82, 2.24) is 15.1 Å². The molecule has 4 heteroatoms. The van der Waals surface area contributed by atoms with Gasteiger partial charge in [-0.2, -0.15) is 5.10 Å². The summed E-state index contributed by atoms with van der Waals surface area (Å²) in [6, 6.07) is 0. The zero-order valence-electron chi connectivity index (χ0n) is 10.7. The Labute approximate surface area is 103 Å². The van der Waals surface area contributed by atoms with Gasteiger partial charge in [-0.3, -0.25) is 4.68 Å². The van der Waals surface area contributed by atoms with Gasteiger partial charge in [-0.1, -0.05) is 6.92 Å². The molecule has 17 heavy (non-hydrogen) atoms. The van der Waals surface area contributed by atoms with Crippen molar-refractivity contribution in [2.75, 3.05) is 19.8 Å². The van der Waals surface area contributed by atoms with Gasteiger partial charge >= 0.3 is 0 Å². The highest BCUT2D eigenvalue weighted by molar-refractivity contribution is 5.03. The van der Waals surface area contributed by atoms with E-state index in [4.69, 9.17) is 4.74 Å². The zero-order valence-corrected chi connectivity index (χ0v) is 10.7. The van der Waals surface area contributed by atoms with Crippen LogP contribution in [0.4, 0.5) is 0 Å². The SMILES string of the molecule is CCCn1cc(CNCCC2CCOC2)cn1. The van der Waals surface area contributed by atoms with E-state index in [9.17, 15) is 0 Å². The fourth-order valence-corrected chi connectivity index (χ4v) is 2.20. The third-order valence-corrected chi connectivity index (χ3v) is 3.22. The summed E-state index contributed by atoms with van der Waals surface area (Å²) >= 11 is 0. The predicted octanol–water partition coefficient (Wildman–Crippen LogP) is 1.81. The van der Waals surface area contributed by atoms with E-state index in [1.165, 1.54) is 18.4 Å². The summed E-state index contributed by atoms with van der Waals surface area (Å²) in [4.78, 5) is 0. The molecule has 0 bridgehead atoms. The van der Waals surface area contributed by atoms with Crippen molar-refractivity contribution in [1.29, 1.82) is 0 Å². The molecule has 0 radical (unpaired) electrons. The molecular weight excluding hydrogens is 214 g/mol. The van der Waals surface area contributed by atoms with E-state index < -0.39 is 0 Å². The molecule has 1 aromatic rings. The van der Waals surface area contributed by atoms with E-state index in [1.807, 2.05) is 10.9 Å². The summed E-state index contributed by atoms with van der Waals surface area (Å²) in [6.07, 6.45) is 7.69. The molecule has 0 aromatic carbocycles. The lowest BCUT2D eigenvalue weighted by atomic mass is 10.1. The second-order valence-electron chi connectivity index (χ2n) is 4.81. The van der Waals surface area contributed by atoms with E-state index in [2.05, 4.69) is 23.5 Å². The molecule has 1 N–H and O–H groups in total. The molecule has 0 aliphatic carbocycles. The first kappa shape index (κ1) is 12.6. The molecule has 1 aliphatic heterocycles. The first-order chi connectivity index (χ1) is 8.38. The maximum absolute atomic E-state index is 5.36. The molecule has 1 aliphatic rings. The third-order valence-electron chi connectivity index (χ3n) is 3.22. The minimum atomic E-state index is 0.769. The van der Waals surface area contributed by atoms with Crippen LogP contribution in [0, 0.1) is 5.92 Å². The van der Waals surface area contributed by atoms with Crippen LogP contribution in [0.25, 0.3) is 0 Å². The van der Waals surface area contributed by atoms with Gasteiger partial charge in [-0.15, -0.1) is 0 Å². The van der Waals surface area contributed by atoms with Crippen LogP contribution in [-0.4, -0.2) is 29.5 Å². The second-order valence-corrected chi connectivity index (χ2v) is 4.81. The van der Waals surface area contributed by atoms with Crippen molar-refractivity contribution in [3.63, 3.8) is 0 Å². The molecule has 2 heterocycles. The van der Waals surface area contributed by atoms with Crippen molar-refractivity contribution in [3.05, 3.63) is 18.0 Å². The number of aromatic nitrogens is 2. The highest BCUT2D eigenvalue weighted by atomic mass is 16.5. The number of hydrogen-bond donors (Lipinski definition) is 1. The van der Waals surface area contributed by atoms with Gasteiger partial charge in [-0.25, -0.2) is 0 Å². The number of hydrogen-bond acceptors (Lipinski definition) is 3. The molecule has 0 spiro atoms. The minimum Gasteiger partial charge on any atom is -0.381 e. The molecule has 1 atom stereocenters. The molecule has 4 nitrogen and oxygen atoms in total. The summed E-state index contributed by atoms with van der Waals surface area (Å²) < 4.78 is 7.38. The monoisotopic (exact) mass is 237 g/mol. The Morgan fingerprint density at radius 1 is 1.59 bits per heavy atom. The van der Waals surface area contributed by atoms with E-state index in [1.54, 1.807) is 0 Å². The lowest BCUT2D eigenvalue weighted by Gasteiger charge is -2.07. The smallest absolute Gasteiger partial charge is 0.0534 e. The largest absolute Gasteiger partial charge is 0.381 e. The number of ether oxygens (including phenoxy) is 1. The van der Waals surface area contributed by atoms with Gasteiger partial charge in [0.25, 0.3) is 0 Å². The number of rotatable bonds is 7. The summed E-state index contributed by atoms with van der Waals surface area (Å²) in [5.41, 5.74) is 1.28. The quantitative estimate of drug-likeness (QED) is 0.735. The highest BCUT2D eigenvalue weighted by Gasteiger charge is 2.14. The van der Waals surface area contributed by atoms with Gasteiger partial charge in [0.1, 0.15) is 0 Å². The lowest BCUT2D eigenvalue weighted by molar-refractivity contribution is 0.184. The minimum absolute atomic E-state index is 0.769. The van der Waals surface area contributed by atoms with Crippen LogP contribution in [0.1, 0.15) is 31.7 Å². The summed E-state index contributed by atoms with van der Waals surface area (Å²) in [5.74, 6) is 0.769. The van der Waals surface area contributed by atoms with Gasteiger partial charge < -0.3 is 10.1 Å². The topological polar surface area (TPSA) is 39.1 Å². The van der Waals surface area contributed by atoms with Crippen LogP contribution in [0.2, 0.25) is 0 Å². The molecule has 96 valence electrons. The zero-order chi connectivity index (χ0) is 11.9. The standard InChI is InChI=1S/C13H23N3O/c1-2-6-16-10-13(9-15-16)8-14-5-3-12-4-7-17-11-12/h9-10,12,14H,2-8,11H2,1H3. The first-order valence-corrected chi connectivity index (χ1v) is 6.68. The average Bonchev–Trinajstić information content (AvgIpc) is 2.96. The summed E-state index contributed by atoms with van der Waals surface area (Å²) in [5, 5.41) is 7.79. The summed E-state index contributed by atoms with van der Waals surface area (Å²) in [7, 11) is 0. The first-order valence-electron chi connectivity index (χ1n) is 6.68. The van der Waals surface area contributed by atoms with Gasteiger partial charge in [-0.05, 0) is 31.7 Å². The van der Waals surface area contributed by atoms with Crippen LogP contribution >= 0.6 is 0 Å². The molecule has 1 fully saturated rings. The van der Waals surface area contributed by atoms with Gasteiger partial charge in [0, 0.05) is 38.1 Å². The van der Waals surface area contributed by atoms with Crippen LogP contribution in [-0.2, 0) is 17.8 Å². The predicted molar refractivity (Wildman–Crippen MR) is 67.8 cm³/mol. The Bertz CT molecular complexity index is 318. The molecule has 1 aromatic heterocycles. The number of nitrogens with zero attached hydrogens (tertiary/aromatic N) is 2. The molecule has 1 unspecified atom stereocenters. The lowest BCUT2D eigenvalue weighted by Crippen LogP contribution is -2.17. The van der Waals surface area contributed by atoms with E-state index in [0.717, 1.165) is 45.2 Å². The normalized spacial score (nSPS) is 19.9. The van der Waals surface area contributed by atoms with Gasteiger partial charge in [0.15, 0.2) is 0 Å². The highest BCUT2D eigenvalue weighted by Crippen LogP contribution is 2.15. The van der Waals surface area contributed by atoms with E-state index >= 15 is 0 Å². The Morgan fingerprint density at radius 3 is 3.29 bits per heavy atom. The maximum Gasteiger partial charge on any atom is 0.0534 e. The fourth-order valence-electron chi connectivity index (χ4n) is 2.20. The van der Waals surface area contributed by atoms with Crippen molar-refractivity contribution in [3.8, 4) is 0 Å². The molecule has 1 saturated heterocycles. The van der Waals surface area contributed by atoms with E-state index in [-0.39, 0.29) is 0 Å². The second kappa shape index (κ2) is 6.77. The average molecular weight is 237 g/mol. The van der Waals surface area contributed by atoms with E-state index in [0.29, 0.717) is 0 Å².